The van der Waals surface area contributed by atoms with Gasteiger partial charge in [0.2, 0.25) is 5.91 Å². The number of aliphatic hydroxyl groups excluding tert-OH is 1. The Morgan fingerprint density at radius 3 is 2.44 bits per heavy atom. The Kier molecular flexibility index (Phi) is 4.28. The van der Waals surface area contributed by atoms with Gasteiger partial charge in [0.15, 0.2) is 0 Å². The van der Waals surface area contributed by atoms with Crippen LogP contribution in [0.25, 0.3) is 0 Å². The van der Waals surface area contributed by atoms with Gasteiger partial charge in [-0.05, 0) is 38.0 Å². The zero-order chi connectivity index (χ0) is 13.3. The maximum absolute atomic E-state index is 12.4. The van der Waals surface area contributed by atoms with E-state index in [4.69, 9.17) is 0 Å². The molecule has 1 amide bonds. The Morgan fingerprint density at radius 2 is 1.94 bits per heavy atom. The van der Waals surface area contributed by atoms with E-state index in [-0.39, 0.29) is 24.2 Å². The Labute approximate surface area is 110 Å². The van der Waals surface area contributed by atoms with Gasteiger partial charge in [-0.1, -0.05) is 20.8 Å². The van der Waals surface area contributed by atoms with Crippen molar-refractivity contribution in [2.24, 2.45) is 5.92 Å². The SMILES string of the molecule is CCC1NC(C(C)C)N(C2CCC(O)CC2)C1=O. The molecule has 1 heterocycles. The topological polar surface area (TPSA) is 52.6 Å². The summed E-state index contributed by atoms with van der Waals surface area (Å²) in [6.45, 7) is 6.38. The standard InChI is InChI=1S/C14H26N2O2/c1-4-12-14(18)16(13(15-12)9(2)3)10-5-7-11(17)8-6-10/h9-13,15,17H,4-8H2,1-3H3. The van der Waals surface area contributed by atoms with Gasteiger partial charge in [-0.25, -0.2) is 0 Å². The molecule has 1 aliphatic carbocycles. The average Bonchev–Trinajstić information content (AvgIpc) is 2.68. The van der Waals surface area contributed by atoms with E-state index in [0.29, 0.717) is 12.0 Å². The van der Waals surface area contributed by atoms with Gasteiger partial charge < -0.3 is 10.0 Å². The zero-order valence-corrected chi connectivity index (χ0v) is 11.7. The molecule has 0 aromatic rings. The molecule has 2 fully saturated rings. The van der Waals surface area contributed by atoms with E-state index in [1.807, 2.05) is 0 Å². The van der Waals surface area contributed by atoms with Crippen molar-refractivity contribution in [3.63, 3.8) is 0 Å². The number of carbonyl (C=O) groups excluding carboxylic acids is 1. The molecule has 2 N–H and O–H groups in total. The quantitative estimate of drug-likeness (QED) is 0.802. The lowest BCUT2D eigenvalue weighted by Gasteiger charge is -2.38. The molecule has 0 aromatic heterocycles. The van der Waals surface area contributed by atoms with E-state index in [0.717, 1.165) is 32.1 Å². The van der Waals surface area contributed by atoms with Crippen molar-refractivity contribution in [3.05, 3.63) is 0 Å². The number of nitrogens with zero attached hydrogens (tertiary/aromatic N) is 1. The molecule has 1 aliphatic heterocycles. The molecule has 4 nitrogen and oxygen atoms in total. The highest BCUT2D eigenvalue weighted by Gasteiger charge is 2.43. The van der Waals surface area contributed by atoms with Crippen LogP contribution in [-0.2, 0) is 4.79 Å². The third-order valence-corrected chi connectivity index (χ3v) is 4.32. The van der Waals surface area contributed by atoms with Gasteiger partial charge in [-0.2, -0.15) is 0 Å². The summed E-state index contributed by atoms with van der Waals surface area (Å²) in [5.74, 6) is 0.690. The first kappa shape index (κ1) is 13.8. The third kappa shape index (κ3) is 2.54. The van der Waals surface area contributed by atoms with Crippen LogP contribution < -0.4 is 5.32 Å². The van der Waals surface area contributed by atoms with Gasteiger partial charge in [0.25, 0.3) is 0 Å². The highest BCUT2D eigenvalue weighted by molar-refractivity contribution is 5.84. The van der Waals surface area contributed by atoms with Crippen LogP contribution in [0.2, 0.25) is 0 Å². The minimum absolute atomic E-state index is 0.00995. The second-order valence-corrected chi connectivity index (χ2v) is 6.02. The Balaban J connectivity index is 2.10. The van der Waals surface area contributed by atoms with Crippen LogP contribution in [0.3, 0.4) is 0 Å². The molecule has 104 valence electrons. The van der Waals surface area contributed by atoms with Crippen molar-refractivity contribution in [3.8, 4) is 0 Å². The third-order valence-electron chi connectivity index (χ3n) is 4.32. The monoisotopic (exact) mass is 254 g/mol. The largest absolute Gasteiger partial charge is 0.393 e. The molecule has 0 aromatic carbocycles. The first-order valence-electron chi connectivity index (χ1n) is 7.30. The average molecular weight is 254 g/mol. The van der Waals surface area contributed by atoms with E-state index < -0.39 is 0 Å². The predicted octanol–water partition coefficient (Wildman–Crippen LogP) is 1.48. The Morgan fingerprint density at radius 1 is 1.33 bits per heavy atom. The lowest BCUT2D eigenvalue weighted by Crippen LogP contribution is -2.48. The van der Waals surface area contributed by atoms with Crippen LogP contribution in [0.4, 0.5) is 0 Å². The van der Waals surface area contributed by atoms with Gasteiger partial charge in [0, 0.05) is 6.04 Å². The Hall–Kier alpha value is -0.610. The maximum Gasteiger partial charge on any atom is 0.241 e. The molecular formula is C14H26N2O2. The number of carbonyl (C=O) groups is 1. The van der Waals surface area contributed by atoms with Gasteiger partial charge >= 0.3 is 0 Å². The minimum atomic E-state index is -0.161. The molecular weight excluding hydrogens is 228 g/mol. The molecule has 18 heavy (non-hydrogen) atoms. The van der Waals surface area contributed by atoms with Gasteiger partial charge in [0.05, 0.1) is 18.3 Å². The molecule has 2 aliphatic rings. The molecule has 0 spiro atoms. The molecule has 1 saturated carbocycles. The zero-order valence-electron chi connectivity index (χ0n) is 11.7. The highest BCUT2D eigenvalue weighted by Crippen LogP contribution is 2.30. The maximum atomic E-state index is 12.4. The predicted molar refractivity (Wildman–Crippen MR) is 70.9 cm³/mol. The molecule has 0 bridgehead atoms. The molecule has 4 heteroatoms. The number of amides is 1. The lowest BCUT2D eigenvalue weighted by atomic mass is 9.91. The van der Waals surface area contributed by atoms with Crippen LogP contribution in [0.15, 0.2) is 0 Å². The van der Waals surface area contributed by atoms with Gasteiger partial charge in [-0.15, -0.1) is 0 Å². The van der Waals surface area contributed by atoms with Crippen molar-refractivity contribution in [2.45, 2.75) is 77.2 Å². The normalized spacial score (nSPS) is 37.6. The Bertz CT molecular complexity index is 298. The summed E-state index contributed by atoms with van der Waals surface area (Å²) in [6.07, 6.45) is 4.40. The molecule has 0 radical (unpaired) electrons. The van der Waals surface area contributed by atoms with Crippen LogP contribution in [0.1, 0.15) is 52.9 Å². The van der Waals surface area contributed by atoms with Crippen LogP contribution in [-0.4, -0.2) is 40.3 Å². The van der Waals surface area contributed by atoms with Crippen molar-refractivity contribution in [1.29, 1.82) is 0 Å². The fraction of sp³-hybridized carbons (Fsp3) is 0.929. The fourth-order valence-electron chi connectivity index (χ4n) is 3.22. The second kappa shape index (κ2) is 5.57. The summed E-state index contributed by atoms with van der Waals surface area (Å²) in [7, 11) is 0. The molecule has 2 atom stereocenters. The summed E-state index contributed by atoms with van der Waals surface area (Å²) in [5.41, 5.74) is 0. The lowest BCUT2D eigenvalue weighted by molar-refractivity contribution is -0.134. The highest BCUT2D eigenvalue weighted by atomic mass is 16.3. The van der Waals surface area contributed by atoms with Crippen LogP contribution in [0, 0.1) is 5.92 Å². The van der Waals surface area contributed by atoms with Gasteiger partial charge in [-0.3, -0.25) is 10.1 Å². The summed E-state index contributed by atoms with van der Waals surface area (Å²) in [5, 5.41) is 13.1. The van der Waals surface area contributed by atoms with E-state index >= 15 is 0 Å². The van der Waals surface area contributed by atoms with Gasteiger partial charge in [0.1, 0.15) is 0 Å². The summed E-state index contributed by atoms with van der Waals surface area (Å²) >= 11 is 0. The van der Waals surface area contributed by atoms with Crippen molar-refractivity contribution < 1.29 is 9.90 Å². The molecule has 2 rings (SSSR count). The van der Waals surface area contributed by atoms with Crippen LogP contribution >= 0.6 is 0 Å². The van der Waals surface area contributed by atoms with E-state index in [1.54, 1.807) is 0 Å². The van der Waals surface area contributed by atoms with Crippen molar-refractivity contribution >= 4 is 5.91 Å². The number of nitrogens with one attached hydrogen (secondary N) is 1. The first-order valence-corrected chi connectivity index (χ1v) is 7.30. The van der Waals surface area contributed by atoms with Crippen LogP contribution in [0.5, 0.6) is 0 Å². The number of aliphatic hydroxyl groups is 1. The van der Waals surface area contributed by atoms with E-state index in [2.05, 4.69) is 31.0 Å². The van der Waals surface area contributed by atoms with Crippen molar-refractivity contribution in [2.75, 3.05) is 0 Å². The fourth-order valence-corrected chi connectivity index (χ4v) is 3.22. The number of hydrogen-bond donors (Lipinski definition) is 2. The van der Waals surface area contributed by atoms with E-state index in [1.165, 1.54) is 0 Å². The van der Waals surface area contributed by atoms with Crippen molar-refractivity contribution in [1.82, 2.24) is 10.2 Å². The first-order chi connectivity index (χ1) is 8.54. The second-order valence-electron chi connectivity index (χ2n) is 6.02. The smallest absolute Gasteiger partial charge is 0.241 e. The number of hydrogen-bond acceptors (Lipinski definition) is 3. The summed E-state index contributed by atoms with van der Waals surface area (Å²) in [6, 6.07) is 0.307. The van der Waals surface area contributed by atoms with E-state index in [9.17, 15) is 9.90 Å². The summed E-state index contributed by atoms with van der Waals surface area (Å²) in [4.78, 5) is 14.5. The number of rotatable bonds is 3. The summed E-state index contributed by atoms with van der Waals surface area (Å²) < 4.78 is 0. The molecule has 2 unspecified atom stereocenters. The molecule has 1 saturated heterocycles. The minimum Gasteiger partial charge on any atom is -0.393 e.